The Morgan fingerprint density at radius 2 is 1.95 bits per heavy atom. The molecule has 7 rings (SSSR count). The highest BCUT2D eigenvalue weighted by atomic mass is 16.5. The Hall–Kier alpha value is -5.16. The molecule has 0 saturated carbocycles. The quantitative estimate of drug-likeness (QED) is 0.333. The van der Waals surface area contributed by atoms with Crippen molar-refractivity contribution >= 4 is 22.8 Å². The Balaban J connectivity index is 1.34. The van der Waals surface area contributed by atoms with E-state index < -0.39 is 0 Å². The fraction of sp³-hybridized carbons (Fsp3) is 0.133. The van der Waals surface area contributed by atoms with E-state index >= 15 is 0 Å². The van der Waals surface area contributed by atoms with Crippen molar-refractivity contribution in [2.24, 2.45) is 0 Å². The molecule has 2 N–H and O–H groups in total. The van der Waals surface area contributed by atoms with Crippen LogP contribution in [0.3, 0.4) is 0 Å². The summed E-state index contributed by atoms with van der Waals surface area (Å²) < 4.78 is 6.08. The summed E-state index contributed by atoms with van der Waals surface area (Å²) in [4.78, 5) is 30.8. The van der Waals surface area contributed by atoms with Crippen LogP contribution in [0.15, 0.2) is 60.9 Å². The smallest absolute Gasteiger partial charge is 0.298 e. The Kier molecular flexibility index (Phi) is 4.91. The molecule has 5 aromatic rings. The van der Waals surface area contributed by atoms with E-state index in [4.69, 9.17) is 11.2 Å². The normalized spacial score (nSPS) is 13.3. The number of nitrogens with zero attached hydrogens (tertiary/aromatic N) is 4. The largest absolute Gasteiger partial charge is 0.439 e. The number of hydrogen-bond acceptors (Lipinski definition) is 6. The summed E-state index contributed by atoms with van der Waals surface area (Å²) >= 11 is 0. The van der Waals surface area contributed by atoms with Crippen molar-refractivity contribution in [3.05, 3.63) is 83.3 Å². The number of rotatable bonds is 3. The van der Waals surface area contributed by atoms with Gasteiger partial charge in [0, 0.05) is 37.0 Å². The van der Waals surface area contributed by atoms with Gasteiger partial charge < -0.3 is 19.9 Å². The monoisotopic (exact) mass is 498 g/mol. The molecule has 3 aromatic heterocycles. The number of amides is 1. The lowest BCUT2D eigenvalue weighted by atomic mass is 9.94. The van der Waals surface area contributed by atoms with Crippen molar-refractivity contribution in [1.29, 1.82) is 0 Å². The highest BCUT2D eigenvalue weighted by Crippen LogP contribution is 2.45. The molecule has 0 spiro atoms. The van der Waals surface area contributed by atoms with E-state index in [1.165, 1.54) is 0 Å². The number of aryl methyl sites for hydroxylation is 1. The van der Waals surface area contributed by atoms with Crippen molar-refractivity contribution in [1.82, 2.24) is 24.8 Å². The summed E-state index contributed by atoms with van der Waals surface area (Å²) in [5.74, 6) is 3.98. The van der Waals surface area contributed by atoms with Gasteiger partial charge >= 0.3 is 0 Å². The maximum absolute atomic E-state index is 12.1. The number of hydrogen-bond donors (Lipinski definition) is 2. The second kappa shape index (κ2) is 8.46. The zero-order chi connectivity index (χ0) is 25.8. The minimum atomic E-state index is -0.293. The number of ether oxygens (including phenoxy) is 1. The lowest BCUT2D eigenvalue weighted by Gasteiger charge is -2.13. The molecular formula is C30H22N6O2. The highest BCUT2D eigenvalue weighted by molar-refractivity contribution is 6.09. The number of H-pyrrole nitrogens is 1. The van der Waals surface area contributed by atoms with Gasteiger partial charge in [0.15, 0.2) is 0 Å². The second-order valence-electron chi connectivity index (χ2n) is 9.50. The molecule has 2 aromatic carbocycles. The number of pyridine rings is 1. The Bertz CT molecular complexity index is 1820. The minimum Gasteiger partial charge on any atom is -0.439 e. The van der Waals surface area contributed by atoms with Crippen LogP contribution in [0.5, 0.6) is 11.6 Å². The van der Waals surface area contributed by atoms with Crippen LogP contribution >= 0.6 is 0 Å². The fourth-order valence-electron chi connectivity index (χ4n) is 5.33. The molecule has 2 aliphatic rings. The average molecular weight is 499 g/mol. The van der Waals surface area contributed by atoms with Gasteiger partial charge in [0.25, 0.3) is 5.91 Å². The van der Waals surface area contributed by atoms with Crippen LogP contribution in [0.2, 0.25) is 0 Å². The predicted molar refractivity (Wildman–Crippen MR) is 144 cm³/mol. The molecule has 1 amide bonds. The van der Waals surface area contributed by atoms with E-state index in [9.17, 15) is 4.79 Å². The lowest BCUT2D eigenvalue weighted by Crippen LogP contribution is -2.23. The number of fused-ring (bicyclic) bond motifs is 3. The first-order valence-corrected chi connectivity index (χ1v) is 12.3. The Morgan fingerprint density at radius 3 is 2.82 bits per heavy atom. The number of aromatic nitrogens is 4. The molecule has 0 aliphatic carbocycles. The molecule has 2 aliphatic heterocycles. The molecule has 0 bridgehead atoms. The Morgan fingerprint density at radius 1 is 1.05 bits per heavy atom. The first kappa shape index (κ1) is 22.1. The Labute approximate surface area is 218 Å². The molecule has 0 fully saturated rings. The summed E-state index contributed by atoms with van der Waals surface area (Å²) in [6.07, 6.45) is 6.92. The van der Waals surface area contributed by atoms with Gasteiger partial charge in [0.1, 0.15) is 23.5 Å². The van der Waals surface area contributed by atoms with Crippen molar-refractivity contribution in [3.63, 3.8) is 0 Å². The molecule has 184 valence electrons. The van der Waals surface area contributed by atoms with Crippen molar-refractivity contribution < 1.29 is 9.53 Å². The second-order valence-corrected chi connectivity index (χ2v) is 9.50. The minimum absolute atomic E-state index is 0.293. The van der Waals surface area contributed by atoms with Gasteiger partial charge in [-0.2, -0.15) is 0 Å². The number of benzene rings is 2. The number of anilines is 1. The van der Waals surface area contributed by atoms with Crippen LogP contribution in [0, 0.1) is 19.3 Å². The third-order valence-electron chi connectivity index (χ3n) is 7.10. The molecule has 8 heteroatoms. The van der Waals surface area contributed by atoms with E-state index in [0.29, 0.717) is 31.3 Å². The number of aromatic amines is 1. The third kappa shape index (κ3) is 3.56. The summed E-state index contributed by atoms with van der Waals surface area (Å²) in [6, 6.07) is 18.1. The van der Waals surface area contributed by atoms with Gasteiger partial charge in [0.2, 0.25) is 5.88 Å². The standard InChI is InChI=1S/C30H22N6O2/c1-3-25(37)36-14-19-8-7-18(11-21(19)15-36)28-26-23-10-9-22(38-24-6-4-5-17(2)34-24)12-20(23)13-31-29-27(26)30(35-28)33-16-32-29/h1,4-12,16H,13-15H2,2H3,(H2,31,32,33,35). The first-order valence-electron chi connectivity index (χ1n) is 12.3. The zero-order valence-electron chi connectivity index (χ0n) is 20.6. The van der Waals surface area contributed by atoms with Gasteiger partial charge in [-0.25, -0.2) is 15.0 Å². The van der Waals surface area contributed by atoms with E-state index in [1.807, 2.05) is 37.3 Å². The lowest BCUT2D eigenvalue weighted by molar-refractivity contribution is -0.125. The maximum atomic E-state index is 12.1. The molecule has 38 heavy (non-hydrogen) atoms. The van der Waals surface area contributed by atoms with Crippen LogP contribution in [0.4, 0.5) is 5.82 Å². The van der Waals surface area contributed by atoms with Crippen molar-refractivity contribution in [3.8, 4) is 46.4 Å². The van der Waals surface area contributed by atoms with Crippen LogP contribution in [-0.4, -0.2) is 30.7 Å². The maximum Gasteiger partial charge on any atom is 0.298 e. The SMILES string of the molecule is C#CC(=O)N1Cc2ccc(-c3[nH]c4ncnc5c4c3-c3ccc(Oc4cccc(C)n4)cc3CN5)cc2C1. The number of terminal acetylenes is 1. The predicted octanol–water partition coefficient (Wildman–Crippen LogP) is 5.19. The van der Waals surface area contributed by atoms with Crippen LogP contribution in [0.25, 0.3) is 33.4 Å². The van der Waals surface area contributed by atoms with Crippen molar-refractivity contribution in [2.45, 2.75) is 26.6 Å². The molecule has 8 nitrogen and oxygen atoms in total. The summed E-state index contributed by atoms with van der Waals surface area (Å²) in [6.45, 7) is 3.55. The average Bonchev–Trinajstić information content (AvgIpc) is 3.49. The number of nitrogens with one attached hydrogen (secondary N) is 2. The number of carbonyl (C=O) groups is 1. The molecule has 5 heterocycles. The molecular weight excluding hydrogens is 476 g/mol. The van der Waals surface area contributed by atoms with E-state index in [1.54, 1.807) is 11.2 Å². The summed E-state index contributed by atoms with van der Waals surface area (Å²) in [5, 5.41) is 4.42. The van der Waals surface area contributed by atoms with Crippen molar-refractivity contribution in [2.75, 3.05) is 5.32 Å². The van der Waals surface area contributed by atoms with Crippen LogP contribution < -0.4 is 10.1 Å². The first-order chi connectivity index (χ1) is 18.6. The van der Waals surface area contributed by atoms with E-state index in [0.717, 1.165) is 61.6 Å². The van der Waals surface area contributed by atoms with Gasteiger partial charge in [-0.15, -0.1) is 6.42 Å². The number of carbonyl (C=O) groups excluding carboxylic acids is 1. The third-order valence-corrected chi connectivity index (χ3v) is 7.10. The van der Waals surface area contributed by atoms with E-state index in [2.05, 4.69) is 55.4 Å². The molecule has 0 atom stereocenters. The molecule has 0 radical (unpaired) electrons. The summed E-state index contributed by atoms with van der Waals surface area (Å²) in [7, 11) is 0. The molecule has 0 unspecified atom stereocenters. The van der Waals surface area contributed by atoms with Gasteiger partial charge in [-0.3, -0.25) is 4.79 Å². The highest BCUT2D eigenvalue weighted by Gasteiger charge is 2.27. The topological polar surface area (TPSA) is 96.0 Å². The fourth-order valence-corrected chi connectivity index (χ4v) is 5.33. The zero-order valence-corrected chi connectivity index (χ0v) is 20.6. The molecule has 0 saturated heterocycles. The van der Waals surface area contributed by atoms with E-state index in [-0.39, 0.29) is 5.91 Å². The van der Waals surface area contributed by atoms with Gasteiger partial charge in [0.05, 0.1) is 11.1 Å². The van der Waals surface area contributed by atoms with Crippen LogP contribution in [-0.2, 0) is 24.4 Å². The van der Waals surface area contributed by atoms with Gasteiger partial charge in [-0.05, 0) is 64.9 Å². The van der Waals surface area contributed by atoms with Gasteiger partial charge in [-0.1, -0.05) is 24.3 Å². The summed E-state index contributed by atoms with van der Waals surface area (Å²) in [5.41, 5.74) is 8.98. The van der Waals surface area contributed by atoms with Crippen LogP contribution in [0.1, 0.15) is 22.4 Å².